The van der Waals surface area contributed by atoms with Crippen molar-refractivity contribution in [3.8, 4) is 0 Å². The lowest BCUT2D eigenvalue weighted by Gasteiger charge is -2.26. The van der Waals surface area contributed by atoms with E-state index in [1.165, 1.54) is 6.42 Å². The molecule has 0 unspecified atom stereocenters. The minimum Gasteiger partial charge on any atom is -0.465 e. The van der Waals surface area contributed by atoms with E-state index in [0.29, 0.717) is 19.6 Å². The summed E-state index contributed by atoms with van der Waals surface area (Å²) in [5.74, 6) is -0.0505. The van der Waals surface area contributed by atoms with Gasteiger partial charge in [0.15, 0.2) is 0 Å². The van der Waals surface area contributed by atoms with Gasteiger partial charge in [-0.2, -0.15) is 0 Å². The fraction of sp³-hybridized carbons (Fsp3) is 0.857. The van der Waals surface area contributed by atoms with Gasteiger partial charge in [-0.15, -0.1) is 0 Å². The average Bonchev–Trinajstić information content (AvgIpc) is 2.44. The zero-order chi connectivity index (χ0) is 13.9. The molecule has 0 aliphatic carbocycles. The number of unbranched alkanes of at least 4 members (excludes halogenated alkanes) is 1. The third-order valence-electron chi connectivity index (χ3n) is 3.25. The topological polar surface area (TPSA) is 58.6 Å². The minimum atomic E-state index is -0.237. The zero-order valence-corrected chi connectivity index (χ0v) is 12.0. The Hall–Kier alpha value is -1.10. The van der Waals surface area contributed by atoms with E-state index in [1.54, 1.807) is 0 Å². The van der Waals surface area contributed by atoms with Crippen molar-refractivity contribution in [1.29, 1.82) is 0 Å². The van der Waals surface area contributed by atoms with E-state index in [9.17, 15) is 9.59 Å². The summed E-state index contributed by atoms with van der Waals surface area (Å²) in [6.07, 6.45) is 5.84. The SMILES string of the molecule is CCCCOC(=O)CNCCC(=O)N1CCCCC1. The first-order chi connectivity index (χ1) is 9.24. The first kappa shape index (κ1) is 16.0. The van der Waals surface area contributed by atoms with Gasteiger partial charge in [-0.1, -0.05) is 13.3 Å². The van der Waals surface area contributed by atoms with Gasteiger partial charge in [-0.05, 0) is 25.7 Å². The van der Waals surface area contributed by atoms with E-state index >= 15 is 0 Å². The van der Waals surface area contributed by atoms with Crippen molar-refractivity contribution < 1.29 is 14.3 Å². The van der Waals surface area contributed by atoms with Crippen molar-refractivity contribution in [2.24, 2.45) is 0 Å². The molecule has 0 bridgehead atoms. The molecule has 0 saturated carbocycles. The van der Waals surface area contributed by atoms with Crippen LogP contribution in [0.2, 0.25) is 0 Å². The maximum Gasteiger partial charge on any atom is 0.319 e. The molecule has 1 N–H and O–H groups in total. The van der Waals surface area contributed by atoms with Gasteiger partial charge < -0.3 is 15.0 Å². The number of nitrogens with zero attached hydrogens (tertiary/aromatic N) is 1. The van der Waals surface area contributed by atoms with Crippen LogP contribution < -0.4 is 5.32 Å². The van der Waals surface area contributed by atoms with Gasteiger partial charge in [0.2, 0.25) is 5.91 Å². The van der Waals surface area contributed by atoms with Gasteiger partial charge in [-0.25, -0.2) is 0 Å². The minimum absolute atomic E-state index is 0.187. The Balaban J connectivity index is 2.00. The first-order valence-corrected chi connectivity index (χ1v) is 7.38. The number of amides is 1. The highest BCUT2D eigenvalue weighted by Crippen LogP contribution is 2.09. The van der Waals surface area contributed by atoms with Crippen molar-refractivity contribution in [3.63, 3.8) is 0 Å². The molecule has 1 aliphatic rings. The molecule has 1 heterocycles. The third-order valence-corrected chi connectivity index (χ3v) is 3.25. The second-order valence-electron chi connectivity index (χ2n) is 4.94. The molecule has 1 saturated heterocycles. The lowest BCUT2D eigenvalue weighted by Crippen LogP contribution is -2.37. The summed E-state index contributed by atoms with van der Waals surface area (Å²) in [7, 11) is 0. The van der Waals surface area contributed by atoms with E-state index < -0.39 is 0 Å². The number of carbonyl (C=O) groups excluding carboxylic acids is 2. The van der Waals surface area contributed by atoms with Crippen LogP contribution in [0.5, 0.6) is 0 Å². The van der Waals surface area contributed by atoms with Crippen LogP contribution in [0.1, 0.15) is 45.4 Å². The van der Waals surface area contributed by atoms with Crippen LogP contribution in [-0.2, 0) is 14.3 Å². The summed E-state index contributed by atoms with van der Waals surface area (Å²) < 4.78 is 5.01. The predicted molar refractivity (Wildman–Crippen MR) is 73.8 cm³/mol. The Morgan fingerprint density at radius 2 is 1.95 bits per heavy atom. The standard InChI is InChI=1S/C14H26N2O3/c1-2-3-11-19-14(18)12-15-8-7-13(17)16-9-5-4-6-10-16/h15H,2-12H2,1H3. The molecule has 1 aliphatic heterocycles. The first-order valence-electron chi connectivity index (χ1n) is 7.38. The highest BCUT2D eigenvalue weighted by atomic mass is 16.5. The van der Waals surface area contributed by atoms with Crippen molar-refractivity contribution >= 4 is 11.9 Å². The van der Waals surface area contributed by atoms with Gasteiger partial charge in [0.25, 0.3) is 0 Å². The maximum absolute atomic E-state index is 11.8. The fourth-order valence-corrected chi connectivity index (χ4v) is 2.07. The molecule has 5 nitrogen and oxygen atoms in total. The Labute approximate surface area is 115 Å². The molecule has 1 fully saturated rings. The van der Waals surface area contributed by atoms with Crippen molar-refractivity contribution in [2.45, 2.75) is 45.4 Å². The van der Waals surface area contributed by atoms with E-state index in [4.69, 9.17) is 4.74 Å². The van der Waals surface area contributed by atoms with Crippen LogP contribution in [0.4, 0.5) is 0 Å². The van der Waals surface area contributed by atoms with Crippen LogP contribution in [0.15, 0.2) is 0 Å². The summed E-state index contributed by atoms with van der Waals surface area (Å²) in [5, 5.41) is 2.96. The monoisotopic (exact) mass is 270 g/mol. The highest BCUT2D eigenvalue weighted by Gasteiger charge is 2.15. The number of nitrogens with one attached hydrogen (secondary N) is 1. The molecule has 110 valence electrons. The number of carbonyl (C=O) groups is 2. The lowest BCUT2D eigenvalue weighted by atomic mass is 10.1. The summed E-state index contributed by atoms with van der Waals surface area (Å²) >= 11 is 0. The molecule has 0 aromatic heterocycles. The van der Waals surface area contributed by atoms with E-state index in [2.05, 4.69) is 12.2 Å². The number of rotatable bonds is 8. The smallest absolute Gasteiger partial charge is 0.319 e. The van der Waals surface area contributed by atoms with Crippen LogP contribution in [0.25, 0.3) is 0 Å². The molecular weight excluding hydrogens is 244 g/mol. The molecule has 0 atom stereocenters. The van der Waals surface area contributed by atoms with Crippen LogP contribution in [-0.4, -0.2) is 49.6 Å². The van der Waals surface area contributed by atoms with E-state index in [1.807, 2.05) is 4.90 Å². The van der Waals surface area contributed by atoms with Crippen molar-refractivity contribution in [3.05, 3.63) is 0 Å². The highest BCUT2D eigenvalue weighted by molar-refractivity contribution is 5.76. The summed E-state index contributed by atoms with van der Waals surface area (Å²) in [4.78, 5) is 25.0. The average molecular weight is 270 g/mol. The van der Waals surface area contributed by atoms with Crippen LogP contribution >= 0.6 is 0 Å². The Morgan fingerprint density at radius 3 is 2.63 bits per heavy atom. The Kier molecular flexibility index (Phi) is 8.21. The van der Waals surface area contributed by atoms with Crippen LogP contribution in [0, 0.1) is 0 Å². The third kappa shape index (κ3) is 7.15. The molecule has 1 amide bonds. The normalized spacial score (nSPS) is 15.3. The van der Waals surface area contributed by atoms with Gasteiger partial charge in [0, 0.05) is 26.1 Å². The molecule has 0 radical (unpaired) electrons. The van der Waals surface area contributed by atoms with E-state index in [0.717, 1.165) is 38.8 Å². The zero-order valence-electron chi connectivity index (χ0n) is 12.0. The lowest BCUT2D eigenvalue weighted by molar-refractivity contribution is -0.142. The maximum atomic E-state index is 11.8. The fourth-order valence-electron chi connectivity index (χ4n) is 2.07. The Bertz CT molecular complexity index is 276. The Morgan fingerprint density at radius 1 is 1.21 bits per heavy atom. The predicted octanol–water partition coefficient (Wildman–Crippen LogP) is 1.32. The van der Waals surface area contributed by atoms with Gasteiger partial charge >= 0.3 is 5.97 Å². The number of hydrogen-bond donors (Lipinski definition) is 1. The summed E-state index contributed by atoms with van der Waals surface area (Å²) in [6, 6.07) is 0. The number of ether oxygens (including phenoxy) is 1. The summed E-state index contributed by atoms with van der Waals surface area (Å²) in [6.45, 7) is 5.05. The van der Waals surface area contributed by atoms with E-state index in [-0.39, 0.29) is 18.4 Å². The number of esters is 1. The van der Waals surface area contributed by atoms with Gasteiger partial charge in [0.1, 0.15) is 0 Å². The molecule has 0 aromatic rings. The molecule has 0 spiro atoms. The second-order valence-corrected chi connectivity index (χ2v) is 4.94. The number of likely N-dealkylation sites (tertiary alicyclic amines) is 1. The molecule has 5 heteroatoms. The molecule has 19 heavy (non-hydrogen) atoms. The summed E-state index contributed by atoms with van der Waals surface area (Å²) in [5.41, 5.74) is 0. The molecule has 1 rings (SSSR count). The molecular formula is C14H26N2O3. The second kappa shape index (κ2) is 9.78. The van der Waals surface area contributed by atoms with Crippen molar-refractivity contribution in [1.82, 2.24) is 10.2 Å². The van der Waals surface area contributed by atoms with Crippen molar-refractivity contribution in [2.75, 3.05) is 32.8 Å². The largest absolute Gasteiger partial charge is 0.465 e. The van der Waals surface area contributed by atoms with Gasteiger partial charge in [0.05, 0.1) is 13.2 Å². The number of piperidine rings is 1. The van der Waals surface area contributed by atoms with Crippen LogP contribution in [0.3, 0.4) is 0 Å². The van der Waals surface area contributed by atoms with Gasteiger partial charge in [-0.3, -0.25) is 9.59 Å². The molecule has 0 aromatic carbocycles. The quantitative estimate of drug-likeness (QED) is 0.534. The number of hydrogen-bond acceptors (Lipinski definition) is 4.